The molecular weight excluding hydrogens is 345 g/mol. The Kier molecular flexibility index (Phi) is 8.86. The highest BCUT2D eigenvalue weighted by atomic mass is 127. The number of nitrogens with one attached hydrogen (secondary N) is 1. The highest BCUT2D eigenvalue weighted by molar-refractivity contribution is 14.0. The van der Waals surface area contributed by atoms with E-state index in [9.17, 15) is 0 Å². The van der Waals surface area contributed by atoms with Crippen LogP contribution in [0, 0.1) is 0 Å². The van der Waals surface area contributed by atoms with Gasteiger partial charge in [-0.15, -0.1) is 35.7 Å². The molecule has 0 aliphatic carbocycles. The first-order valence-corrected chi connectivity index (χ1v) is 7.70. The minimum Gasteiger partial charge on any atom is -0.390 e. The molecule has 1 aliphatic rings. The van der Waals surface area contributed by atoms with Gasteiger partial charge in [0.2, 0.25) is 0 Å². The van der Waals surface area contributed by atoms with Crippen LogP contribution in [-0.4, -0.2) is 13.3 Å². The third kappa shape index (κ3) is 4.28. The predicted octanol–water partition coefficient (Wildman–Crippen LogP) is 4.43. The van der Waals surface area contributed by atoms with Crippen molar-refractivity contribution in [2.75, 3.05) is 13.3 Å². The number of hydrogen-bond donors (Lipinski definition) is 1. The Balaban J connectivity index is 0.00000169. The normalized spacial score (nSPS) is 18.6. The Morgan fingerprint density at radius 3 is 2.64 bits per heavy atom. The Morgan fingerprint density at radius 2 is 2.21 bits per heavy atom. The maximum absolute atomic E-state index is 3.28. The topological polar surface area (TPSA) is 12.0 Å². The fraction of sp³-hybridized carbons (Fsp3) is 0.556. The minimum absolute atomic E-state index is 0. The molecule has 0 atom stereocenters. The lowest BCUT2D eigenvalue weighted by molar-refractivity contribution is 0.814. The molecule has 0 aromatic heterocycles. The molecule has 5 heteroatoms. The van der Waals surface area contributed by atoms with E-state index in [0.717, 1.165) is 6.42 Å². The summed E-state index contributed by atoms with van der Waals surface area (Å²) in [5.74, 6) is 0. The molecule has 0 aromatic carbocycles. The second kappa shape index (κ2) is 8.24. The van der Waals surface area contributed by atoms with Crippen molar-refractivity contribution >= 4 is 57.3 Å². The van der Waals surface area contributed by atoms with Crippen LogP contribution in [0.5, 0.6) is 0 Å². The SMILES string of the molecule is CCC/C(NC)=C1/C=C(SC)SS1.I. The lowest BCUT2D eigenvalue weighted by Crippen LogP contribution is -2.06. The second-order valence-electron chi connectivity index (χ2n) is 2.68. The zero-order chi connectivity index (χ0) is 9.68. The van der Waals surface area contributed by atoms with Crippen LogP contribution < -0.4 is 5.32 Å². The number of halogens is 1. The van der Waals surface area contributed by atoms with Crippen molar-refractivity contribution in [2.45, 2.75) is 19.8 Å². The summed E-state index contributed by atoms with van der Waals surface area (Å²) in [5.41, 5.74) is 1.38. The van der Waals surface area contributed by atoms with Crippen molar-refractivity contribution in [3.05, 3.63) is 20.9 Å². The van der Waals surface area contributed by atoms with Gasteiger partial charge >= 0.3 is 0 Å². The van der Waals surface area contributed by atoms with E-state index < -0.39 is 0 Å². The summed E-state index contributed by atoms with van der Waals surface area (Å²) in [6.07, 6.45) is 6.76. The van der Waals surface area contributed by atoms with Crippen molar-refractivity contribution in [3.63, 3.8) is 0 Å². The smallest absolute Gasteiger partial charge is 0.0523 e. The van der Waals surface area contributed by atoms with Gasteiger partial charge in [0.15, 0.2) is 0 Å². The van der Waals surface area contributed by atoms with Gasteiger partial charge in [0.1, 0.15) is 0 Å². The van der Waals surface area contributed by atoms with E-state index in [1.165, 1.54) is 21.3 Å². The fourth-order valence-corrected chi connectivity index (χ4v) is 4.58. The zero-order valence-corrected chi connectivity index (χ0v) is 13.4. The van der Waals surface area contributed by atoms with Crippen molar-refractivity contribution in [1.29, 1.82) is 0 Å². The van der Waals surface area contributed by atoms with Gasteiger partial charge in [0.25, 0.3) is 0 Å². The highest BCUT2D eigenvalue weighted by Crippen LogP contribution is 2.49. The van der Waals surface area contributed by atoms with Gasteiger partial charge in [0, 0.05) is 17.6 Å². The molecule has 1 heterocycles. The van der Waals surface area contributed by atoms with Crippen molar-refractivity contribution in [2.24, 2.45) is 0 Å². The molecule has 1 nitrogen and oxygen atoms in total. The van der Waals surface area contributed by atoms with E-state index in [-0.39, 0.29) is 24.0 Å². The molecular formula is C9H16INS3. The van der Waals surface area contributed by atoms with E-state index >= 15 is 0 Å². The predicted molar refractivity (Wildman–Crippen MR) is 83.2 cm³/mol. The summed E-state index contributed by atoms with van der Waals surface area (Å²) in [5, 5.41) is 3.28. The molecule has 1 N–H and O–H groups in total. The molecule has 0 aromatic rings. The number of hydrogen-bond acceptors (Lipinski definition) is 4. The van der Waals surface area contributed by atoms with Gasteiger partial charge in [-0.3, -0.25) is 0 Å². The zero-order valence-electron chi connectivity index (χ0n) is 8.62. The first kappa shape index (κ1) is 15.1. The van der Waals surface area contributed by atoms with E-state index in [1.54, 1.807) is 0 Å². The summed E-state index contributed by atoms with van der Waals surface area (Å²) in [4.78, 5) is 1.40. The molecule has 0 fully saturated rings. The molecule has 0 saturated carbocycles. The average molecular weight is 361 g/mol. The number of rotatable bonds is 4. The molecule has 1 aliphatic heterocycles. The molecule has 0 bridgehead atoms. The van der Waals surface area contributed by atoms with Crippen LogP contribution in [0.4, 0.5) is 0 Å². The van der Waals surface area contributed by atoms with Gasteiger partial charge in [0.05, 0.1) is 4.24 Å². The minimum atomic E-state index is 0. The third-order valence-electron chi connectivity index (χ3n) is 1.76. The van der Waals surface area contributed by atoms with Crippen LogP contribution in [0.2, 0.25) is 0 Å². The molecule has 0 unspecified atom stereocenters. The van der Waals surface area contributed by atoms with E-state index in [0.29, 0.717) is 0 Å². The summed E-state index contributed by atoms with van der Waals surface area (Å²) in [7, 11) is 5.74. The molecule has 82 valence electrons. The Morgan fingerprint density at radius 1 is 1.50 bits per heavy atom. The summed E-state index contributed by atoms with van der Waals surface area (Å²) in [6.45, 7) is 2.21. The van der Waals surface area contributed by atoms with Gasteiger partial charge in [-0.05, 0) is 29.5 Å². The van der Waals surface area contributed by atoms with E-state index in [4.69, 9.17) is 0 Å². The van der Waals surface area contributed by atoms with Gasteiger partial charge in [-0.25, -0.2) is 0 Å². The van der Waals surface area contributed by atoms with Crippen molar-refractivity contribution in [1.82, 2.24) is 5.32 Å². The highest BCUT2D eigenvalue weighted by Gasteiger charge is 2.13. The van der Waals surface area contributed by atoms with Crippen LogP contribution in [0.25, 0.3) is 0 Å². The second-order valence-corrected chi connectivity index (χ2v) is 6.00. The Hall–Kier alpha value is 1.06. The quantitative estimate of drug-likeness (QED) is 0.587. The number of thioether (sulfide) groups is 1. The van der Waals surface area contributed by atoms with Crippen LogP contribution in [0.3, 0.4) is 0 Å². The van der Waals surface area contributed by atoms with Crippen LogP contribution in [-0.2, 0) is 0 Å². The van der Waals surface area contributed by atoms with Crippen molar-refractivity contribution < 1.29 is 0 Å². The van der Waals surface area contributed by atoms with E-state index in [1.807, 2.05) is 40.4 Å². The average Bonchev–Trinajstić information content (AvgIpc) is 2.62. The van der Waals surface area contributed by atoms with Gasteiger partial charge < -0.3 is 5.32 Å². The molecule has 1 rings (SSSR count). The van der Waals surface area contributed by atoms with Crippen molar-refractivity contribution in [3.8, 4) is 0 Å². The van der Waals surface area contributed by atoms with Gasteiger partial charge in [-0.1, -0.05) is 24.1 Å². The maximum Gasteiger partial charge on any atom is 0.0523 e. The van der Waals surface area contributed by atoms with Crippen LogP contribution in [0.1, 0.15) is 19.8 Å². The summed E-state index contributed by atoms with van der Waals surface area (Å²) >= 11 is 1.82. The first-order chi connectivity index (χ1) is 6.31. The molecule has 0 radical (unpaired) electrons. The largest absolute Gasteiger partial charge is 0.390 e. The Bertz CT molecular complexity index is 238. The third-order valence-corrected chi connectivity index (χ3v) is 5.59. The van der Waals surface area contributed by atoms with Gasteiger partial charge in [-0.2, -0.15) is 0 Å². The lowest BCUT2D eigenvalue weighted by atomic mass is 10.2. The molecule has 0 saturated heterocycles. The fourth-order valence-electron chi connectivity index (χ4n) is 1.09. The number of allylic oxidation sites excluding steroid dienone is 2. The van der Waals surface area contributed by atoms with Crippen LogP contribution in [0.15, 0.2) is 20.9 Å². The monoisotopic (exact) mass is 361 g/mol. The van der Waals surface area contributed by atoms with Crippen LogP contribution >= 0.6 is 57.3 Å². The molecule has 0 spiro atoms. The maximum atomic E-state index is 3.28. The Labute approximate surface area is 116 Å². The summed E-state index contributed by atoms with van der Waals surface area (Å²) in [6, 6.07) is 0. The first-order valence-electron chi connectivity index (χ1n) is 4.33. The standard InChI is InChI=1S/C9H15NS3.HI/c1-4-5-7(10-2)8-6-9(11-3)13-12-8;/h6,10H,4-5H2,1-3H3;1H/b8-7+;. The molecule has 14 heavy (non-hydrogen) atoms. The van der Waals surface area contributed by atoms with E-state index in [2.05, 4.69) is 24.6 Å². The lowest BCUT2D eigenvalue weighted by Gasteiger charge is -2.06. The molecule has 0 amide bonds. The summed E-state index contributed by atoms with van der Waals surface area (Å²) < 4.78 is 1.41.